The minimum Gasteiger partial charge on any atom is -0.476 e. The number of hydrogen-bond acceptors (Lipinski definition) is 6. The smallest absolute Gasteiger partial charge is 0.356 e. The number of carboxylic acid groups (broad SMARTS) is 1. The molecule has 8 heteroatoms. The number of carboxylic acids is 1. The number of carbonyl (C=O) groups is 1. The third-order valence-electron chi connectivity index (χ3n) is 3.02. The Morgan fingerprint density at radius 1 is 1.36 bits per heavy atom. The van der Waals surface area contributed by atoms with E-state index in [2.05, 4.69) is 20.1 Å². The molecule has 0 aliphatic heterocycles. The summed E-state index contributed by atoms with van der Waals surface area (Å²) >= 11 is 0. The highest BCUT2D eigenvalue weighted by Crippen LogP contribution is 2.25. The van der Waals surface area contributed by atoms with Gasteiger partial charge in [-0.15, -0.1) is 0 Å². The van der Waals surface area contributed by atoms with Crippen LogP contribution in [-0.2, 0) is 0 Å². The first-order valence-electron chi connectivity index (χ1n) is 6.63. The summed E-state index contributed by atoms with van der Waals surface area (Å²) in [4.78, 5) is 23.4. The van der Waals surface area contributed by atoms with Crippen molar-refractivity contribution >= 4 is 5.97 Å². The van der Waals surface area contributed by atoms with Gasteiger partial charge < -0.3 is 9.63 Å². The van der Waals surface area contributed by atoms with Crippen molar-refractivity contribution in [2.24, 2.45) is 0 Å². The lowest BCUT2D eigenvalue weighted by molar-refractivity contribution is 0.0691. The van der Waals surface area contributed by atoms with Crippen molar-refractivity contribution in [3.05, 3.63) is 42.4 Å². The predicted molar refractivity (Wildman–Crippen MR) is 75.7 cm³/mol. The van der Waals surface area contributed by atoms with E-state index in [1.54, 1.807) is 18.3 Å². The van der Waals surface area contributed by atoms with Crippen LogP contribution in [0, 0.1) is 0 Å². The van der Waals surface area contributed by atoms with E-state index in [1.807, 2.05) is 13.8 Å². The second-order valence-corrected chi connectivity index (χ2v) is 4.96. The van der Waals surface area contributed by atoms with Gasteiger partial charge in [-0.3, -0.25) is 4.57 Å². The number of aromatic nitrogens is 5. The van der Waals surface area contributed by atoms with E-state index in [0.717, 1.165) is 0 Å². The molecule has 0 bridgehead atoms. The molecule has 0 unspecified atom stereocenters. The maximum absolute atomic E-state index is 10.9. The van der Waals surface area contributed by atoms with Crippen LogP contribution in [0.3, 0.4) is 0 Å². The van der Waals surface area contributed by atoms with Gasteiger partial charge >= 0.3 is 5.97 Å². The molecule has 0 aromatic carbocycles. The molecule has 3 aromatic heterocycles. The molecule has 0 aliphatic rings. The SMILES string of the molecule is CC(C)c1noc(-c2cccnc2-n2cnc(C(=O)O)c2)n1. The van der Waals surface area contributed by atoms with Gasteiger partial charge in [0.1, 0.15) is 6.33 Å². The highest BCUT2D eigenvalue weighted by molar-refractivity contribution is 5.85. The lowest BCUT2D eigenvalue weighted by Gasteiger charge is -2.04. The molecule has 112 valence electrons. The quantitative estimate of drug-likeness (QED) is 0.786. The summed E-state index contributed by atoms with van der Waals surface area (Å²) in [6.07, 6.45) is 4.36. The Labute approximate surface area is 125 Å². The second kappa shape index (κ2) is 5.40. The Bertz CT molecular complexity index is 821. The first kappa shape index (κ1) is 13.9. The fraction of sp³-hybridized carbons (Fsp3) is 0.214. The molecule has 0 amide bonds. The number of rotatable bonds is 4. The number of aromatic carboxylic acids is 1. The summed E-state index contributed by atoms with van der Waals surface area (Å²) in [5, 5.41) is 12.9. The third kappa shape index (κ3) is 2.46. The first-order chi connectivity index (χ1) is 10.6. The lowest BCUT2D eigenvalue weighted by Crippen LogP contribution is -1.99. The molecular formula is C14H13N5O3. The van der Waals surface area contributed by atoms with Crippen LogP contribution >= 0.6 is 0 Å². The maximum atomic E-state index is 10.9. The van der Waals surface area contributed by atoms with E-state index in [9.17, 15) is 4.79 Å². The number of nitrogens with zero attached hydrogens (tertiary/aromatic N) is 5. The van der Waals surface area contributed by atoms with E-state index in [-0.39, 0.29) is 11.6 Å². The largest absolute Gasteiger partial charge is 0.476 e. The first-order valence-corrected chi connectivity index (χ1v) is 6.63. The average molecular weight is 299 g/mol. The van der Waals surface area contributed by atoms with Gasteiger partial charge in [0, 0.05) is 18.3 Å². The molecule has 0 saturated heterocycles. The number of imidazole rings is 1. The normalized spacial score (nSPS) is 11.0. The van der Waals surface area contributed by atoms with Crippen LogP contribution in [0.15, 0.2) is 35.4 Å². The van der Waals surface area contributed by atoms with E-state index in [0.29, 0.717) is 23.1 Å². The monoisotopic (exact) mass is 299 g/mol. The highest BCUT2D eigenvalue weighted by Gasteiger charge is 2.17. The van der Waals surface area contributed by atoms with Gasteiger partial charge in [0.2, 0.25) is 0 Å². The minimum atomic E-state index is -1.10. The molecule has 3 aromatic rings. The van der Waals surface area contributed by atoms with Crippen molar-refractivity contribution in [1.82, 2.24) is 24.7 Å². The summed E-state index contributed by atoms with van der Waals surface area (Å²) in [5.74, 6) is 0.445. The van der Waals surface area contributed by atoms with Gasteiger partial charge in [0.15, 0.2) is 17.3 Å². The molecule has 0 aliphatic carbocycles. The minimum absolute atomic E-state index is 0.0648. The van der Waals surface area contributed by atoms with Crippen LogP contribution in [0.2, 0.25) is 0 Å². The molecule has 0 atom stereocenters. The Morgan fingerprint density at radius 2 is 2.18 bits per heavy atom. The fourth-order valence-electron chi connectivity index (χ4n) is 1.90. The Hall–Kier alpha value is -3.03. The molecule has 0 radical (unpaired) electrons. The summed E-state index contributed by atoms with van der Waals surface area (Å²) in [6.45, 7) is 3.93. The standard InChI is InChI=1S/C14H13N5O3/c1-8(2)11-17-13(22-18-11)9-4-3-5-15-12(9)19-6-10(14(20)21)16-7-19/h3-8H,1-2H3,(H,20,21). The van der Waals surface area contributed by atoms with Crippen molar-refractivity contribution in [3.63, 3.8) is 0 Å². The van der Waals surface area contributed by atoms with Crippen LogP contribution in [0.1, 0.15) is 36.1 Å². The van der Waals surface area contributed by atoms with Crippen molar-refractivity contribution < 1.29 is 14.4 Å². The molecule has 1 N–H and O–H groups in total. The van der Waals surface area contributed by atoms with Crippen LogP contribution in [0.25, 0.3) is 17.3 Å². The van der Waals surface area contributed by atoms with Gasteiger partial charge in [-0.25, -0.2) is 14.8 Å². The van der Waals surface area contributed by atoms with Crippen molar-refractivity contribution in [1.29, 1.82) is 0 Å². The topological polar surface area (TPSA) is 107 Å². The number of hydrogen-bond donors (Lipinski definition) is 1. The van der Waals surface area contributed by atoms with Crippen LogP contribution < -0.4 is 0 Å². The van der Waals surface area contributed by atoms with Crippen molar-refractivity contribution in [2.45, 2.75) is 19.8 Å². The van der Waals surface area contributed by atoms with Gasteiger partial charge in [-0.2, -0.15) is 4.98 Å². The second-order valence-electron chi connectivity index (χ2n) is 4.96. The van der Waals surface area contributed by atoms with E-state index in [4.69, 9.17) is 9.63 Å². The molecule has 0 saturated carbocycles. The predicted octanol–water partition coefficient (Wildman–Crippen LogP) is 2.14. The Balaban J connectivity index is 2.07. The third-order valence-corrected chi connectivity index (χ3v) is 3.02. The van der Waals surface area contributed by atoms with Crippen molar-refractivity contribution in [2.75, 3.05) is 0 Å². The van der Waals surface area contributed by atoms with E-state index in [1.165, 1.54) is 17.1 Å². The van der Waals surface area contributed by atoms with Crippen LogP contribution in [0.4, 0.5) is 0 Å². The number of pyridine rings is 1. The Morgan fingerprint density at radius 3 is 2.82 bits per heavy atom. The molecule has 3 rings (SSSR count). The molecule has 22 heavy (non-hydrogen) atoms. The van der Waals surface area contributed by atoms with Crippen LogP contribution in [0.5, 0.6) is 0 Å². The van der Waals surface area contributed by atoms with Gasteiger partial charge in [-0.1, -0.05) is 19.0 Å². The van der Waals surface area contributed by atoms with Gasteiger partial charge in [0.25, 0.3) is 5.89 Å². The lowest BCUT2D eigenvalue weighted by atomic mass is 10.2. The average Bonchev–Trinajstić information content (AvgIpc) is 3.17. The Kier molecular flexibility index (Phi) is 3.42. The fourth-order valence-corrected chi connectivity index (χ4v) is 1.90. The molecular weight excluding hydrogens is 286 g/mol. The van der Waals surface area contributed by atoms with Gasteiger partial charge in [-0.05, 0) is 12.1 Å². The summed E-state index contributed by atoms with van der Waals surface area (Å²) in [6, 6.07) is 3.52. The van der Waals surface area contributed by atoms with E-state index >= 15 is 0 Å². The zero-order chi connectivity index (χ0) is 15.7. The highest BCUT2D eigenvalue weighted by atomic mass is 16.5. The maximum Gasteiger partial charge on any atom is 0.356 e. The van der Waals surface area contributed by atoms with Crippen LogP contribution in [-0.4, -0.2) is 35.8 Å². The molecule has 3 heterocycles. The van der Waals surface area contributed by atoms with E-state index < -0.39 is 5.97 Å². The zero-order valence-electron chi connectivity index (χ0n) is 12.0. The summed E-state index contributed by atoms with van der Waals surface area (Å²) in [7, 11) is 0. The molecule has 0 fully saturated rings. The summed E-state index contributed by atoms with van der Waals surface area (Å²) < 4.78 is 6.79. The van der Waals surface area contributed by atoms with Crippen molar-refractivity contribution in [3.8, 4) is 17.3 Å². The summed E-state index contributed by atoms with van der Waals surface area (Å²) in [5.41, 5.74) is 0.543. The van der Waals surface area contributed by atoms with Gasteiger partial charge in [0.05, 0.1) is 5.56 Å². The molecule has 8 nitrogen and oxygen atoms in total. The zero-order valence-corrected chi connectivity index (χ0v) is 12.0. The molecule has 0 spiro atoms.